The minimum absolute atomic E-state index is 0.236. The van der Waals surface area contributed by atoms with Gasteiger partial charge >= 0.3 is 0 Å². The van der Waals surface area contributed by atoms with Crippen LogP contribution >= 0.6 is 0 Å². The van der Waals surface area contributed by atoms with Crippen LogP contribution in [0.5, 0.6) is 0 Å². The predicted molar refractivity (Wildman–Crippen MR) is 89.6 cm³/mol. The van der Waals surface area contributed by atoms with Gasteiger partial charge in [-0.2, -0.15) is 16.8 Å². The number of aliphatic hydroxyl groups is 1. The molecule has 4 rings (SSSR count). The molecule has 0 bridgehead atoms. The average molecular weight is 380 g/mol. The molecule has 25 heavy (non-hydrogen) atoms. The first-order valence-electron chi connectivity index (χ1n) is 7.20. The van der Waals surface area contributed by atoms with Crippen LogP contribution in [0.3, 0.4) is 0 Å². The Balaban J connectivity index is 2.04. The van der Waals surface area contributed by atoms with Crippen LogP contribution in [0.4, 0.5) is 0 Å². The van der Waals surface area contributed by atoms with Crippen molar-refractivity contribution in [3.05, 3.63) is 81.1 Å². The molecule has 4 aliphatic carbocycles. The minimum atomic E-state index is -4.59. The van der Waals surface area contributed by atoms with Crippen LogP contribution in [0.2, 0.25) is 0 Å². The standard InChI is InChI=1S/C16H12O7S2/c17-12-7-14(25(21,22)23)11-5-4-10-13(24(18,19)20)6-2-8-1-3-9(12)16(11)15(8)10/h1-7,13,16-17H,(H,18,19,20)(H,21,22,23). The van der Waals surface area contributed by atoms with Crippen LogP contribution in [0.1, 0.15) is 0 Å². The summed E-state index contributed by atoms with van der Waals surface area (Å²) in [7, 11) is -9.00. The van der Waals surface area contributed by atoms with Crippen molar-refractivity contribution in [3.63, 3.8) is 0 Å². The van der Waals surface area contributed by atoms with Crippen LogP contribution in [-0.2, 0) is 20.2 Å². The SMILES string of the molecule is O=S(=O)(O)C1=CC(O)=C2C=CC3=C4C(=CC=C1C24)C(S(=O)(=O)O)C=C3. The minimum Gasteiger partial charge on any atom is -0.508 e. The summed E-state index contributed by atoms with van der Waals surface area (Å²) >= 11 is 0. The highest BCUT2D eigenvalue weighted by Crippen LogP contribution is 2.50. The Hall–Kier alpha value is -2.20. The molecule has 0 fully saturated rings. The van der Waals surface area contributed by atoms with E-state index in [1.54, 1.807) is 12.2 Å². The molecule has 0 spiro atoms. The molecule has 2 atom stereocenters. The van der Waals surface area contributed by atoms with Gasteiger partial charge in [0.25, 0.3) is 20.2 Å². The van der Waals surface area contributed by atoms with E-state index in [2.05, 4.69) is 0 Å². The lowest BCUT2D eigenvalue weighted by Gasteiger charge is -2.38. The lowest BCUT2D eigenvalue weighted by molar-refractivity contribution is 0.417. The summed E-state index contributed by atoms with van der Waals surface area (Å²) in [6.07, 6.45) is 9.96. The molecule has 130 valence electrons. The van der Waals surface area contributed by atoms with Crippen LogP contribution < -0.4 is 0 Å². The molecule has 0 aliphatic heterocycles. The summed E-state index contributed by atoms with van der Waals surface area (Å²) in [6, 6.07) is 0. The van der Waals surface area contributed by atoms with E-state index in [9.17, 15) is 31.0 Å². The average Bonchev–Trinajstić information content (AvgIpc) is 2.51. The van der Waals surface area contributed by atoms with Crippen molar-refractivity contribution in [2.45, 2.75) is 5.25 Å². The molecule has 7 nitrogen and oxygen atoms in total. The van der Waals surface area contributed by atoms with Crippen molar-refractivity contribution in [1.82, 2.24) is 0 Å². The highest BCUT2D eigenvalue weighted by atomic mass is 32.2. The molecule has 0 amide bonds. The van der Waals surface area contributed by atoms with Crippen molar-refractivity contribution in [3.8, 4) is 0 Å². The van der Waals surface area contributed by atoms with Gasteiger partial charge in [0, 0.05) is 17.6 Å². The van der Waals surface area contributed by atoms with Gasteiger partial charge < -0.3 is 5.11 Å². The van der Waals surface area contributed by atoms with Gasteiger partial charge in [-0.05, 0) is 22.3 Å². The van der Waals surface area contributed by atoms with Crippen molar-refractivity contribution < 1.29 is 31.0 Å². The first-order valence-corrected chi connectivity index (χ1v) is 10.1. The molecule has 3 N–H and O–H groups in total. The third-order valence-electron chi connectivity index (χ3n) is 4.62. The van der Waals surface area contributed by atoms with E-state index >= 15 is 0 Å². The highest BCUT2D eigenvalue weighted by Gasteiger charge is 2.43. The number of rotatable bonds is 2. The summed E-state index contributed by atoms with van der Waals surface area (Å²) in [4.78, 5) is -0.436. The molecule has 0 saturated heterocycles. The summed E-state index contributed by atoms with van der Waals surface area (Å²) in [6.45, 7) is 0. The van der Waals surface area contributed by atoms with E-state index < -0.39 is 36.3 Å². The quantitative estimate of drug-likeness (QED) is 0.623. The van der Waals surface area contributed by atoms with E-state index in [0.29, 0.717) is 22.3 Å². The van der Waals surface area contributed by atoms with Gasteiger partial charge in [0.1, 0.15) is 15.9 Å². The third kappa shape index (κ3) is 2.31. The van der Waals surface area contributed by atoms with Crippen molar-refractivity contribution in [2.24, 2.45) is 5.92 Å². The molecule has 0 aromatic carbocycles. The molecule has 4 aliphatic rings. The lowest BCUT2D eigenvalue weighted by atomic mass is 9.68. The van der Waals surface area contributed by atoms with Gasteiger partial charge in [-0.1, -0.05) is 36.5 Å². The fourth-order valence-corrected chi connectivity index (χ4v) is 5.18. The van der Waals surface area contributed by atoms with Crippen molar-refractivity contribution in [2.75, 3.05) is 0 Å². The Bertz CT molecular complexity index is 1140. The van der Waals surface area contributed by atoms with Crippen LogP contribution in [0.15, 0.2) is 81.1 Å². The van der Waals surface area contributed by atoms with Crippen LogP contribution in [-0.4, -0.2) is 36.3 Å². The normalized spacial score (nSPS) is 27.7. The summed E-state index contributed by atoms with van der Waals surface area (Å²) < 4.78 is 65.7. The monoisotopic (exact) mass is 380 g/mol. The highest BCUT2D eigenvalue weighted by molar-refractivity contribution is 7.90. The maximum atomic E-state index is 11.7. The van der Waals surface area contributed by atoms with Crippen molar-refractivity contribution in [1.29, 1.82) is 0 Å². The second-order valence-electron chi connectivity index (χ2n) is 6.00. The first kappa shape index (κ1) is 16.3. The molecular weight excluding hydrogens is 368 g/mol. The summed E-state index contributed by atoms with van der Waals surface area (Å²) in [5, 5.41) is 8.93. The predicted octanol–water partition coefficient (Wildman–Crippen LogP) is 1.76. The zero-order valence-corrected chi connectivity index (χ0v) is 14.1. The third-order valence-corrected chi connectivity index (χ3v) is 6.58. The van der Waals surface area contributed by atoms with E-state index in [-0.39, 0.29) is 11.3 Å². The van der Waals surface area contributed by atoms with Crippen LogP contribution in [0.25, 0.3) is 0 Å². The summed E-state index contributed by atoms with van der Waals surface area (Å²) in [5.74, 6) is -1.06. The number of hydrogen-bond donors (Lipinski definition) is 3. The zero-order valence-electron chi connectivity index (χ0n) is 12.5. The fourth-order valence-electron chi connectivity index (χ4n) is 3.63. The van der Waals surface area contributed by atoms with Gasteiger partial charge in [0.2, 0.25) is 0 Å². The van der Waals surface area contributed by atoms with E-state index in [1.165, 1.54) is 24.3 Å². The summed E-state index contributed by atoms with van der Waals surface area (Å²) in [5.41, 5.74) is 2.07. The van der Waals surface area contributed by atoms with Gasteiger partial charge in [-0.25, -0.2) is 0 Å². The second-order valence-corrected chi connectivity index (χ2v) is 8.93. The second kappa shape index (κ2) is 4.92. The molecule has 0 aromatic rings. The maximum absolute atomic E-state index is 11.7. The first-order chi connectivity index (χ1) is 11.6. The Kier molecular flexibility index (Phi) is 3.20. The lowest BCUT2D eigenvalue weighted by Crippen LogP contribution is -2.32. The largest absolute Gasteiger partial charge is 0.508 e. The fraction of sp³-hybridized carbons (Fsp3) is 0.125. The van der Waals surface area contributed by atoms with Crippen LogP contribution in [0, 0.1) is 5.92 Å². The van der Waals surface area contributed by atoms with Gasteiger partial charge in [-0.15, -0.1) is 0 Å². The Morgan fingerprint density at radius 3 is 2.24 bits per heavy atom. The number of hydrogen-bond acceptors (Lipinski definition) is 5. The smallest absolute Gasteiger partial charge is 0.294 e. The number of aliphatic hydroxyl groups excluding tert-OH is 1. The van der Waals surface area contributed by atoms with Gasteiger partial charge in [0.15, 0.2) is 0 Å². The molecule has 2 unspecified atom stereocenters. The molecule has 0 saturated carbocycles. The van der Waals surface area contributed by atoms with Gasteiger partial charge in [0.05, 0.1) is 0 Å². The molecule has 9 heteroatoms. The van der Waals surface area contributed by atoms with E-state index in [0.717, 1.165) is 6.08 Å². The Labute approximate surface area is 143 Å². The molecular formula is C16H12O7S2. The Morgan fingerprint density at radius 2 is 1.60 bits per heavy atom. The van der Waals surface area contributed by atoms with Crippen molar-refractivity contribution >= 4 is 20.2 Å². The molecule has 0 radical (unpaired) electrons. The maximum Gasteiger partial charge on any atom is 0.294 e. The number of allylic oxidation sites excluding steroid dienone is 10. The van der Waals surface area contributed by atoms with Gasteiger partial charge in [-0.3, -0.25) is 9.11 Å². The van der Waals surface area contributed by atoms with E-state index in [1.807, 2.05) is 0 Å². The molecule has 0 heterocycles. The topological polar surface area (TPSA) is 129 Å². The Morgan fingerprint density at radius 1 is 0.920 bits per heavy atom. The molecule has 0 aromatic heterocycles. The zero-order chi connectivity index (χ0) is 18.1. The van der Waals surface area contributed by atoms with E-state index in [4.69, 9.17) is 0 Å².